The van der Waals surface area contributed by atoms with Crippen LogP contribution in [0.25, 0.3) is 0 Å². The summed E-state index contributed by atoms with van der Waals surface area (Å²) in [6.07, 6.45) is 3.50. The van der Waals surface area contributed by atoms with Crippen molar-refractivity contribution in [3.05, 3.63) is 12.2 Å². The van der Waals surface area contributed by atoms with Crippen LogP contribution in [0.3, 0.4) is 0 Å². The largest absolute Gasteiger partial charge is 0.298 e. The molecule has 86 valence electrons. The molecule has 0 atom stereocenters. The molecule has 1 saturated heterocycles. The van der Waals surface area contributed by atoms with E-state index in [1.165, 1.54) is 0 Å². The van der Waals surface area contributed by atoms with Crippen molar-refractivity contribution in [1.29, 1.82) is 0 Å². The van der Waals surface area contributed by atoms with Gasteiger partial charge in [0.1, 0.15) is 6.67 Å². The summed E-state index contributed by atoms with van der Waals surface area (Å²) in [6.45, 7) is 6.44. The molecule has 0 aromatic heterocycles. The van der Waals surface area contributed by atoms with E-state index in [1.54, 1.807) is 13.0 Å². The van der Waals surface area contributed by atoms with Gasteiger partial charge in [-0.3, -0.25) is 14.6 Å². The van der Waals surface area contributed by atoms with Crippen LogP contribution < -0.4 is 0 Å². The molecule has 0 saturated carbocycles. The van der Waals surface area contributed by atoms with Gasteiger partial charge < -0.3 is 0 Å². The summed E-state index contributed by atoms with van der Waals surface area (Å²) in [5.41, 5.74) is 0. The fraction of sp³-hybridized carbons (Fsp3) is 0.727. The van der Waals surface area contributed by atoms with E-state index in [1.807, 2.05) is 6.08 Å². The number of piperazine rings is 1. The maximum atomic E-state index is 12.1. The summed E-state index contributed by atoms with van der Waals surface area (Å²) < 4.78 is 12.1. The maximum absolute atomic E-state index is 12.1. The molecule has 0 aliphatic carbocycles. The average Bonchev–Trinajstić information content (AvgIpc) is 2.20. The predicted molar refractivity (Wildman–Crippen MR) is 58.7 cm³/mol. The first-order chi connectivity index (χ1) is 7.22. The van der Waals surface area contributed by atoms with Crippen LogP contribution in [0.4, 0.5) is 4.39 Å². The van der Waals surface area contributed by atoms with E-state index in [0.717, 1.165) is 32.7 Å². The zero-order valence-electron chi connectivity index (χ0n) is 9.29. The molecule has 1 fully saturated rings. The normalized spacial score (nSPS) is 19.9. The highest BCUT2D eigenvalue weighted by Crippen LogP contribution is 2.01. The fourth-order valence-electron chi connectivity index (χ4n) is 1.68. The summed E-state index contributed by atoms with van der Waals surface area (Å²) in [5.74, 6) is 0.0889. The molecular weight excluding hydrogens is 195 g/mol. The molecule has 1 aliphatic heterocycles. The van der Waals surface area contributed by atoms with Crippen LogP contribution in [0.5, 0.6) is 0 Å². The molecule has 1 heterocycles. The number of carbonyl (C=O) groups excluding carboxylic acids is 1. The van der Waals surface area contributed by atoms with E-state index in [0.29, 0.717) is 6.54 Å². The summed E-state index contributed by atoms with van der Waals surface area (Å²) >= 11 is 0. The van der Waals surface area contributed by atoms with E-state index >= 15 is 0 Å². The van der Waals surface area contributed by atoms with Crippen LogP contribution >= 0.6 is 0 Å². The van der Waals surface area contributed by atoms with Crippen LogP contribution in [0.15, 0.2) is 12.2 Å². The van der Waals surface area contributed by atoms with Crippen LogP contribution in [-0.4, -0.2) is 61.5 Å². The van der Waals surface area contributed by atoms with Crippen molar-refractivity contribution in [1.82, 2.24) is 9.80 Å². The maximum Gasteiger partial charge on any atom is 0.152 e. The minimum Gasteiger partial charge on any atom is -0.298 e. The van der Waals surface area contributed by atoms with Crippen molar-refractivity contribution in [2.24, 2.45) is 0 Å². The Balaban J connectivity index is 2.17. The molecule has 0 bridgehead atoms. The molecule has 0 aromatic carbocycles. The van der Waals surface area contributed by atoms with Gasteiger partial charge >= 0.3 is 0 Å². The molecule has 0 aromatic rings. The molecule has 1 aliphatic rings. The standard InChI is InChI=1S/C11H19FN2O/c1-11(15)3-2-5-13-7-9-14(6-4-12)10-8-13/h2-3H,4-10H2,1H3/b3-2+. The number of rotatable bonds is 5. The van der Waals surface area contributed by atoms with E-state index in [9.17, 15) is 9.18 Å². The summed E-state index contributed by atoms with van der Waals surface area (Å²) in [6, 6.07) is 0. The first-order valence-electron chi connectivity index (χ1n) is 5.40. The number of carbonyl (C=O) groups is 1. The lowest BCUT2D eigenvalue weighted by molar-refractivity contribution is -0.112. The van der Waals surface area contributed by atoms with Gasteiger partial charge in [0.2, 0.25) is 0 Å². The Morgan fingerprint density at radius 2 is 1.87 bits per heavy atom. The first-order valence-corrected chi connectivity index (χ1v) is 5.40. The minimum atomic E-state index is -0.260. The van der Waals surface area contributed by atoms with Crippen molar-refractivity contribution < 1.29 is 9.18 Å². The molecule has 0 unspecified atom stereocenters. The Labute approximate surface area is 90.5 Å². The molecule has 0 amide bonds. The highest BCUT2D eigenvalue weighted by Gasteiger charge is 2.14. The van der Waals surface area contributed by atoms with Crippen LogP contribution in [0, 0.1) is 0 Å². The van der Waals surface area contributed by atoms with Gasteiger partial charge in [-0.15, -0.1) is 0 Å². The number of nitrogens with zero attached hydrogens (tertiary/aromatic N) is 2. The lowest BCUT2D eigenvalue weighted by Crippen LogP contribution is -2.46. The number of alkyl halides is 1. The molecule has 15 heavy (non-hydrogen) atoms. The zero-order chi connectivity index (χ0) is 11.1. The van der Waals surface area contributed by atoms with Gasteiger partial charge in [0.25, 0.3) is 0 Å². The smallest absolute Gasteiger partial charge is 0.152 e. The van der Waals surface area contributed by atoms with E-state index in [2.05, 4.69) is 9.80 Å². The van der Waals surface area contributed by atoms with Crippen molar-refractivity contribution >= 4 is 5.78 Å². The van der Waals surface area contributed by atoms with Crippen molar-refractivity contribution in [2.45, 2.75) is 6.92 Å². The van der Waals surface area contributed by atoms with Gasteiger partial charge in [-0.1, -0.05) is 6.08 Å². The van der Waals surface area contributed by atoms with Gasteiger partial charge in [-0.2, -0.15) is 0 Å². The molecular formula is C11H19FN2O. The molecule has 0 radical (unpaired) electrons. The second-order valence-electron chi connectivity index (χ2n) is 3.84. The van der Waals surface area contributed by atoms with Crippen molar-refractivity contribution in [2.75, 3.05) is 45.9 Å². The molecule has 4 heteroatoms. The Bertz CT molecular complexity index is 223. The lowest BCUT2D eigenvalue weighted by Gasteiger charge is -2.33. The zero-order valence-corrected chi connectivity index (χ0v) is 9.29. The van der Waals surface area contributed by atoms with Gasteiger partial charge in [0.15, 0.2) is 5.78 Å². The van der Waals surface area contributed by atoms with E-state index < -0.39 is 0 Å². The highest BCUT2D eigenvalue weighted by atomic mass is 19.1. The Morgan fingerprint density at radius 3 is 2.40 bits per heavy atom. The van der Waals surface area contributed by atoms with Gasteiger partial charge in [-0.25, -0.2) is 4.39 Å². The molecule has 0 N–H and O–H groups in total. The third-order valence-corrected chi connectivity index (χ3v) is 2.58. The predicted octanol–water partition coefficient (Wildman–Crippen LogP) is 0.719. The summed E-state index contributed by atoms with van der Waals surface area (Å²) in [4.78, 5) is 15.1. The van der Waals surface area contributed by atoms with Crippen LogP contribution in [-0.2, 0) is 4.79 Å². The number of hydrogen-bond donors (Lipinski definition) is 0. The van der Waals surface area contributed by atoms with E-state index in [-0.39, 0.29) is 12.5 Å². The van der Waals surface area contributed by atoms with Gasteiger partial charge in [0, 0.05) is 39.3 Å². The monoisotopic (exact) mass is 214 g/mol. The Kier molecular flexibility index (Phi) is 5.50. The average molecular weight is 214 g/mol. The number of halogens is 1. The third-order valence-electron chi connectivity index (χ3n) is 2.58. The topological polar surface area (TPSA) is 23.6 Å². The minimum absolute atomic E-state index is 0.0889. The summed E-state index contributed by atoms with van der Waals surface area (Å²) in [5, 5.41) is 0. The Morgan fingerprint density at radius 1 is 1.27 bits per heavy atom. The quantitative estimate of drug-likeness (QED) is 0.630. The van der Waals surface area contributed by atoms with Crippen LogP contribution in [0.1, 0.15) is 6.92 Å². The van der Waals surface area contributed by atoms with Crippen molar-refractivity contribution in [3.8, 4) is 0 Å². The molecule has 1 rings (SSSR count). The Hall–Kier alpha value is -0.740. The van der Waals surface area contributed by atoms with Crippen LogP contribution in [0.2, 0.25) is 0 Å². The number of ketones is 1. The lowest BCUT2D eigenvalue weighted by atomic mass is 10.3. The second kappa shape index (κ2) is 6.69. The number of allylic oxidation sites excluding steroid dienone is 1. The first kappa shape index (κ1) is 12.3. The SMILES string of the molecule is CC(=O)/C=C/CN1CCN(CCF)CC1. The molecule has 0 spiro atoms. The second-order valence-corrected chi connectivity index (χ2v) is 3.84. The van der Waals surface area contributed by atoms with Crippen molar-refractivity contribution in [3.63, 3.8) is 0 Å². The third kappa shape index (κ3) is 5.04. The summed E-state index contributed by atoms with van der Waals surface area (Å²) in [7, 11) is 0. The number of hydrogen-bond acceptors (Lipinski definition) is 3. The van der Waals surface area contributed by atoms with Gasteiger partial charge in [0.05, 0.1) is 0 Å². The fourth-order valence-corrected chi connectivity index (χ4v) is 1.68. The van der Waals surface area contributed by atoms with E-state index in [4.69, 9.17) is 0 Å². The highest BCUT2D eigenvalue weighted by molar-refractivity contribution is 5.87. The molecule has 3 nitrogen and oxygen atoms in total. The van der Waals surface area contributed by atoms with Gasteiger partial charge in [-0.05, 0) is 13.0 Å².